The van der Waals surface area contributed by atoms with Crippen molar-refractivity contribution in [1.29, 1.82) is 0 Å². The number of hydrogen-bond donors (Lipinski definition) is 1. The van der Waals surface area contributed by atoms with Gasteiger partial charge in [-0.05, 0) is 37.5 Å². The number of nitrogens with two attached hydrogens (primary N) is 1. The van der Waals surface area contributed by atoms with E-state index in [1.54, 1.807) is 7.11 Å². The molecule has 0 bridgehead atoms. The Morgan fingerprint density at radius 2 is 1.79 bits per heavy atom. The summed E-state index contributed by atoms with van der Waals surface area (Å²) in [4.78, 5) is 14.7. The van der Waals surface area contributed by atoms with Crippen LogP contribution in [0.25, 0.3) is 0 Å². The molecule has 1 aliphatic carbocycles. The molecule has 0 aromatic heterocycles. The van der Waals surface area contributed by atoms with Crippen LogP contribution in [-0.2, 0) is 9.53 Å². The van der Waals surface area contributed by atoms with Gasteiger partial charge in [0.25, 0.3) is 0 Å². The van der Waals surface area contributed by atoms with Gasteiger partial charge in [0.2, 0.25) is 5.91 Å². The molecule has 1 aliphatic heterocycles. The lowest BCUT2D eigenvalue weighted by atomic mass is 9.72. The minimum absolute atomic E-state index is 0.130. The molecule has 2 fully saturated rings. The third-order valence-corrected chi connectivity index (χ3v) is 5.09. The van der Waals surface area contributed by atoms with Crippen molar-refractivity contribution in [2.24, 2.45) is 23.5 Å². The fourth-order valence-electron chi connectivity index (χ4n) is 3.57. The van der Waals surface area contributed by atoms with Crippen LogP contribution in [0.4, 0.5) is 0 Å². The average molecular weight is 268 g/mol. The molecule has 4 heteroatoms. The van der Waals surface area contributed by atoms with E-state index in [0.29, 0.717) is 23.8 Å². The topological polar surface area (TPSA) is 55.6 Å². The lowest BCUT2D eigenvalue weighted by Crippen LogP contribution is -2.49. The van der Waals surface area contributed by atoms with E-state index >= 15 is 0 Å². The second-order valence-corrected chi connectivity index (χ2v) is 6.46. The predicted molar refractivity (Wildman–Crippen MR) is 75.6 cm³/mol. The van der Waals surface area contributed by atoms with E-state index in [9.17, 15) is 4.79 Å². The van der Waals surface area contributed by atoms with E-state index in [2.05, 4.69) is 13.8 Å². The highest BCUT2D eigenvalue weighted by molar-refractivity contribution is 5.79. The lowest BCUT2D eigenvalue weighted by Gasteiger charge is -2.40. The number of carbonyl (C=O) groups is 1. The summed E-state index contributed by atoms with van der Waals surface area (Å²) in [6.45, 7) is 6.08. The molecular formula is C15H28N2O2. The third kappa shape index (κ3) is 3.29. The fourth-order valence-corrected chi connectivity index (χ4v) is 3.57. The van der Waals surface area contributed by atoms with E-state index < -0.39 is 0 Å². The number of nitrogens with zero attached hydrogens (tertiary/aromatic N) is 1. The van der Waals surface area contributed by atoms with Crippen molar-refractivity contribution in [1.82, 2.24) is 4.90 Å². The van der Waals surface area contributed by atoms with Gasteiger partial charge in [0.05, 0.1) is 6.10 Å². The summed E-state index contributed by atoms with van der Waals surface area (Å²) in [7, 11) is 1.76. The molecular weight excluding hydrogens is 240 g/mol. The standard InChI is InChI=1S/C15H28N2O2/c1-10-8-11(2)14(16)9-13(10)15(18)17-6-4-12(19-3)5-7-17/h10-14H,4-9,16H2,1-3H3. The second kappa shape index (κ2) is 6.23. The molecule has 4 nitrogen and oxygen atoms in total. The van der Waals surface area contributed by atoms with Gasteiger partial charge in [0, 0.05) is 32.2 Å². The Kier molecular flexibility index (Phi) is 4.85. The highest BCUT2D eigenvalue weighted by atomic mass is 16.5. The number of ether oxygens (including phenoxy) is 1. The van der Waals surface area contributed by atoms with Crippen LogP contribution in [-0.4, -0.2) is 43.2 Å². The molecule has 0 aromatic carbocycles. The van der Waals surface area contributed by atoms with Crippen molar-refractivity contribution in [2.45, 2.75) is 51.7 Å². The molecule has 0 radical (unpaired) electrons. The van der Waals surface area contributed by atoms with Gasteiger partial charge in [-0.2, -0.15) is 0 Å². The van der Waals surface area contributed by atoms with Crippen molar-refractivity contribution < 1.29 is 9.53 Å². The zero-order valence-corrected chi connectivity index (χ0v) is 12.5. The van der Waals surface area contributed by atoms with Gasteiger partial charge in [-0.15, -0.1) is 0 Å². The quantitative estimate of drug-likeness (QED) is 0.828. The molecule has 19 heavy (non-hydrogen) atoms. The van der Waals surface area contributed by atoms with Gasteiger partial charge >= 0.3 is 0 Å². The number of likely N-dealkylation sites (tertiary alicyclic amines) is 1. The normalized spacial score (nSPS) is 37.4. The van der Waals surface area contributed by atoms with Crippen molar-refractivity contribution in [2.75, 3.05) is 20.2 Å². The lowest BCUT2D eigenvalue weighted by molar-refractivity contribution is -0.141. The van der Waals surface area contributed by atoms with Gasteiger partial charge in [0.15, 0.2) is 0 Å². The second-order valence-electron chi connectivity index (χ2n) is 6.46. The molecule has 1 amide bonds. The Bertz CT molecular complexity index is 313. The largest absolute Gasteiger partial charge is 0.381 e. The molecule has 1 heterocycles. The van der Waals surface area contributed by atoms with E-state index in [-0.39, 0.29) is 12.0 Å². The van der Waals surface area contributed by atoms with Crippen LogP contribution in [0.1, 0.15) is 39.5 Å². The van der Waals surface area contributed by atoms with E-state index in [1.807, 2.05) is 4.90 Å². The molecule has 2 rings (SSSR count). The third-order valence-electron chi connectivity index (χ3n) is 5.09. The van der Waals surface area contributed by atoms with Crippen LogP contribution in [0.15, 0.2) is 0 Å². The number of methoxy groups -OCH3 is 1. The summed E-state index contributed by atoms with van der Waals surface area (Å²) < 4.78 is 5.36. The maximum absolute atomic E-state index is 12.6. The smallest absolute Gasteiger partial charge is 0.226 e. The Morgan fingerprint density at radius 1 is 1.16 bits per heavy atom. The Morgan fingerprint density at radius 3 is 2.37 bits per heavy atom. The summed E-state index contributed by atoms with van der Waals surface area (Å²) in [6.07, 6.45) is 4.19. The molecule has 1 saturated heterocycles. The monoisotopic (exact) mass is 268 g/mol. The summed E-state index contributed by atoms with van der Waals surface area (Å²) in [5, 5.41) is 0. The highest BCUT2D eigenvalue weighted by Gasteiger charge is 2.37. The molecule has 2 N–H and O–H groups in total. The van der Waals surface area contributed by atoms with Crippen molar-refractivity contribution >= 4 is 5.91 Å². The Labute approximate surface area is 116 Å². The summed E-state index contributed by atoms with van der Waals surface area (Å²) in [6, 6.07) is 0.182. The summed E-state index contributed by atoms with van der Waals surface area (Å²) in [5.41, 5.74) is 6.15. The first kappa shape index (κ1) is 14.8. The zero-order chi connectivity index (χ0) is 14.0. The van der Waals surface area contributed by atoms with Crippen LogP contribution >= 0.6 is 0 Å². The Hall–Kier alpha value is -0.610. The van der Waals surface area contributed by atoms with E-state index in [1.165, 1.54) is 0 Å². The van der Waals surface area contributed by atoms with E-state index in [0.717, 1.165) is 38.8 Å². The molecule has 2 aliphatic rings. The van der Waals surface area contributed by atoms with Crippen molar-refractivity contribution in [3.63, 3.8) is 0 Å². The number of rotatable bonds is 2. The van der Waals surface area contributed by atoms with Gasteiger partial charge in [-0.3, -0.25) is 4.79 Å². The predicted octanol–water partition coefficient (Wildman–Crippen LogP) is 1.63. The van der Waals surface area contributed by atoms with Crippen LogP contribution in [0.3, 0.4) is 0 Å². The maximum Gasteiger partial charge on any atom is 0.226 e. The number of piperidine rings is 1. The Balaban J connectivity index is 1.92. The van der Waals surface area contributed by atoms with Crippen LogP contribution < -0.4 is 5.73 Å². The zero-order valence-electron chi connectivity index (χ0n) is 12.5. The molecule has 4 unspecified atom stereocenters. The van der Waals surface area contributed by atoms with Crippen LogP contribution in [0.2, 0.25) is 0 Å². The average Bonchev–Trinajstić information content (AvgIpc) is 2.42. The first-order chi connectivity index (χ1) is 9.02. The number of carbonyl (C=O) groups excluding carboxylic acids is 1. The molecule has 110 valence electrons. The fraction of sp³-hybridized carbons (Fsp3) is 0.933. The molecule has 0 spiro atoms. The van der Waals surface area contributed by atoms with E-state index in [4.69, 9.17) is 10.5 Å². The van der Waals surface area contributed by atoms with Crippen molar-refractivity contribution in [3.8, 4) is 0 Å². The summed E-state index contributed by atoms with van der Waals surface area (Å²) in [5.74, 6) is 1.45. The first-order valence-corrected chi connectivity index (χ1v) is 7.60. The van der Waals surface area contributed by atoms with Gasteiger partial charge in [0.1, 0.15) is 0 Å². The van der Waals surface area contributed by atoms with Gasteiger partial charge in [-0.1, -0.05) is 13.8 Å². The number of amides is 1. The first-order valence-electron chi connectivity index (χ1n) is 7.60. The van der Waals surface area contributed by atoms with Gasteiger partial charge < -0.3 is 15.4 Å². The number of hydrogen-bond acceptors (Lipinski definition) is 3. The van der Waals surface area contributed by atoms with Crippen LogP contribution in [0, 0.1) is 17.8 Å². The van der Waals surface area contributed by atoms with Crippen LogP contribution in [0.5, 0.6) is 0 Å². The maximum atomic E-state index is 12.6. The molecule has 4 atom stereocenters. The SMILES string of the molecule is COC1CCN(C(=O)C2CC(N)C(C)CC2C)CC1. The molecule has 0 aromatic rings. The van der Waals surface area contributed by atoms with Crippen molar-refractivity contribution in [3.05, 3.63) is 0 Å². The minimum atomic E-state index is 0.130. The minimum Gasteiger partial charge on any atom is -0.381 e. The van der Waals surface area contributed by atoms with Gasteiger partial charge in [-0.25, -0.2) is 0 Å². The summed E-state index contributed by atoms with van der Waals surface area (Å²) >= 11 is 0. The highest BCUT2D eigenvalue weighted by Crippen LogP contribution is 2.34. The molecule has 1 saturated carbocycles.